The standard InChI is InChI=1S/C14H13F3O/c1-2-13(18)12(10-14(15,16)17)9-8-11-6-4-3-5-7-11/h3-7,10,13,18H,2H2,1H3/b12-10+. The lowest BCUT2D eigenvalue weighted by atomic mass is 10.1. The summed E-state index contributed by atoms with van der Waals surface area (Å²) in [4.78, 5) is 0. The Morgan fingerprint density at radius 1 is 1.33 bits per heavy atom. The van der Waals surface area contributed by atoms with Crippen molar-refractivity contribution in [2.45, 2.75) is 25.6 Å². The van der Waals surface area contributed by atoms with Crippen LogP contribution in [0.1, 0.15) is 18.9 Å². The van der Waals surface area contributed by atoms with Crippen LogP contribution in [0.25, 0.3) is 0 Å². The zero-order valence-electron chi connectivity index (χ0n) is 9.83. The Morgan fingerprint density at radius 3 is 2.44 bits per heavy atom. The number of allylic oxidation sites excluding steroid dienone is 1. The minimum absolute atomic E-state index is 0.0527. The number of halogens is 3. The maximum absolute atomic E-state index is 12.3. The molecule has 18 heavy (non-hydrogen) atoms. The van der Waals surface area contributed by atoms with Crippen LogP contribution in [0.3, 0.4) is 0 Å². The molecule has 1 nitrogen and oxygen atoms in total. The van der Waals surface area contributed by atoms with E-state index in [9.17, 15) is 18.3 Å². The van der Waals surface area contributed by atoms with Crippen molar-refractivity contribution in [1.82, 2.24) is 0 Å². The van der Waals surface area contributed by atoms with Crippen LogP contribution < -0.4 is 0 Å². The SMILES string of the molecule is CCC(O)/C(C#Cc1ccccc1)=C/C(F)(F)F. The van der Waals surface area contributed by atoms with E-state index in [0.29, 0.717) is 5.56 Å². The van der Waals surface area contributed by atoms with E-state index in [1.54, 1.807) is 37.3 Å². The second kappa shape index (κ2) is 6.27. The van der Waals surface area contributed by atoms with Crippen molar-refractivity contribution < 1.29 is 18.3 Å². The van der Waals surface area contributed by atoms with Crippen LogP contribution in [-0.2, 0) is 0 Å². The van der Waals surface area contributed by atoms with Crippen LogP contribution in [0.15, 0.2) is 42.0 Å². The van der Waals surface area contributed by atoms with Crippen LogP contribution in [0.4, 0.5) is 13.2 Å². The third kappa shape index (κ3) is 5.07. The fraction of sp³-hybridized carbons (Fsp3) is 0.286. The van der Waals surface area contributed by atoms with Crippen molar-refractivity contribution in [3.05, 3.63) is 47.5 Å². The minimum Gasteiger partial charge on any atom is -0.388 e. The molecule has 0 bridgehead atoms. The maximum atomic E-state index is 12.3. The van der Waals surface area contributed by atoms with E-state index >= 15 is 0 Å². The van der Waals surface area contributed by atoms with Gasteiger partial charge in [0.05, 0.1) is 6.10 Å². The topological polar surface area (TPSA) is 20.2 Å². The van der Waals surface area contributed by atoms with Gasteiger partial charge in [-0.15, -0.1) is 0 Å². The molecular weight excluding hydrogens is 241 g/mol. The molecule has 0 radical (unpaired) electrons. The Hall–Kier alpha value is -1.73. The number of aliphatic hydroxyl groups excluding tert-OH is 1. The van der Waals surface area contributed by atoms with Crippen LogP contribution >= 0.6 is 0 Å². The highest BCUT2D eigenvalue weighted by Crippen LogP contribution is 2.20. The van der Waals surface area contributed by atoms with Gasteiger partial charge in [-0.05, 0) is 18.6 Å². The summed E-state index contributed by atoms with van der Waals surface area (Å²) in [5, 5.41) is 9.49. The molecule has 1 unspecified atom stereocenters. The van der Waals surface area contributed by atoms with Gasteiger partial charge < -0.3 is 5.11 Å². The molecule has 0 aliphatic carbocycles. The van der Waals surface area contributed by atoms with Crippen molar-refractivity contribution in [3.8, 4) is 11.8 Å². The predicted molar refractivity (Wildman–Crippen MR) is 63.8 cm³/mol. The molecule has 1 N–H and O–H groups in total. The Labute approximate surface area is 104 Å². The van der Waals surface area contributed by atoms with Gasteiger partial charge in [-0.25, -0.2) is 0 Å². The first kappa shape index (κ1) is 14.3. The summed E-state index contributed by atoms with van der Waals surface area (Å²) in [5.41, 5.74) is 0.294. The normalized spacial score (nSPS) is 13.7. The summed E-state index contributed by atoms with van der Waals surface area (Å²) >= 11 is 0. The van der Waals surface area contributed by atoms with E-state index in [1.165, 1.54) is 0 Å². The Balaban J connectivity index is 3.01. The highest BCUT2D eigenvalue weighted by atomic mass is 19.4. The summed E-state index contributed by atoms with van der Waals surface area (Å²) in [7, 11) is 0. The lowest BCUT2D eigenvalue weighted by Crippen LogP contribution is -2.12. The zero-order valence-corrected chi connectivity index (χ0v) is 9.83. The van der Waals surface area contributed by atoms with Crippen molar-refractivity contribution >= 4 is 0 Å². The number of rotatable bonds is 2. The lowest BCUT2D eigenvalue weighted by Gasteiger charge is -2.08. The van der Waals surface area contributed by atoms with Crippen LogP contribution in [0, 0.1) is 11.8 Å². The number of alkyl halides is 3. The van der Waals surface area contributed by atoms with E-state index in [4.69, 9.17) is 0 Å². The minimum atomic E-state index is -4.48. The summed E-state index contributed by atoms with van der Waals surface area (Å²) < 4.78 is 36.8. The Kier molecular flexibility index (Phi) is 4.99. The van der Waals surface area contributed by atoms with Crippen LogP contribution in [-0.4, -0.2) is 17.4 Å². The quantitative estimate of drug-likeness (QED) is 0.803. The van der Waals surface area contributed by atoms with Gasteiger partial charge >= 0.3 is 6.18 Å². The van der Waals surface area contributed by atoms with Gasteiger partial charge in [-0.2, -0.15) is 13.2 Å². The summed E-state index contributed by atoms with van der Waals surface area (Å²) in [6.45, 7) is 1.60. The first-order chi connectivity index (χ1) is 8.42. The predicted octanol–water partition coefficient (Wildman–Crippen LogP) is 3.30. The van der Waals surface area contributed by atoms with E-state index in [2.05, 4.69) is 11.8 Å². The van der Waals surface area contributed by atoms with Gasteiger partial charge in [-0.3, -0.25) is 0 Å². The smallest absolute Gasteiger partial charge is 0.388 e. The van der Waals surface area contributed by atoms with Crippen molar-refractivity contribution in [2.24, 2.45) is 0 Å². The largest absolute Gasteiger partial charge is 0.410 e. The summed E-state index contributed by atoms with van der Waals surface area (Å²) in [6, 6.07) is 8.66. The van der Waals surface area contributed by atoms with Crippen molar-refractivity contribution in [2.75, 3.05) is 0 Å². The molecule has 0 amide bonds. The molecule has 0 aliphatic heterocycles. The fourth-order valence-corrected chi connectivity index (χ4v) is 1.28. The molecule has 0 spiro atoms. The third-order valence-electron chi connectivity index (χ3n) is 2.19. The number of benzene rings is 1. The molecule has 1 rings (SSSR count). The van der Waals surface area contributed by atoms with Crippen LogP contribution in [0.2, 0.25) is 0 Å². The first-order valence-electron chi connectivity index (χ1n) is 5.47. The molecule has 4 heteroatoms. The van der Waals surface area contributed by atoms with Crippen LogP contribution in [0.5, 0.6) is 0 Å². The van der Waals surface area contributed by atoms with Gasteiger partial charge in [0.2, 0.25) is 0 Å². The molecule has 1 aromatic rings. The van der Waals surface area contributed by atoms with E-state index in [-0.39, 0.29) is 18.1 Å². The number of hydrogen-bond donors (Lipinski definition) is 1. The molecule has 0 saturated heterocycles. The first-order valence-corrected chi connectivity index (χ1v) is 5.47. The second-order valence-electron chi connectivity index (χ2n) is 3.68. The van der Waals surface area contributed by atoms with E-state index in [0.717, 1.165) is 0 Å². The molecule has 96 valence electrons. The Morgan fingerprint density at radius 2 is 1.94 bits per heavy atom. The molecule has 1 atom stereocenters. The monoisotopic (exact) mass is 254 g/mol. The average Bonchev–Trinajstić information content (AvgIpc) is 2.33. The van der Waals surface area contributed by atoms with Crippen molar-refractivity contribution in [3.63, 3.8) is 0 Å². The number of hydrogen-bond acceptors (Lipinski definition) is 1. The zero-order chi connectivity index (χ0) is 13.6. The molecule has 1 aromatic carbocycles. The number of aliphatic hydroxyl groups is 1. The molecule has 0 fully saturated rings. The average molecular weight is 254 g/mol. The van der Waals surface area contributed by atoms with Gasteiger partial charge in [0.1, 0.15) is 0 Å². The second-order valence-corrected chi connectivity index (χ2v) is 3.68. The molecule has 0 saturated carbocycles. The molecule has 0 aliphatic rings. The maximum Gasteiger partial charge on any atom is 0.410 e. The van der Waals surface area contributed by atoms with E-state index < -0.39 is 12.3 Å². The highest BCUT2D eigenvalue weighted by Gasteiger charge is 2.25. The van der Waals surface area contributed by atoms with Gasteiger partial charge in [0.25, 0.3) is 0 Å². The Bertz CT molecular complexity index is 463. The van der Waals surface area contributed by atoms with Gasteiger partial charge in [-0.1, -0.05) is 37.0 Å². The summed E-state index contributed by atoms with van der Waals surface area (Å²) in [6.07, 6.45) is -5.43. The third-order valence-corrected chi connectivity index (χ3v) is 2.19. The molecule has 0 aromatic heterocycles. The fourth-order valence-electron chi connectivity index (χ4n) is 1.28. The lowest BCUT2D eigenvalue weighted by molar-refractivity contribution is -0.0810. The summed E-state index contributed by atoms with van der Waals surface area (Å²) in [5.74, 6) is 4.99. The van der Waals surface area contributed by atoms with Gasteiger partial charge in [0.15, 0.2) is 0 Å². The highest BCUT2D eigenvalue weighted by molar-refractivity contribution is 5.42. The van der Waals surface area contributed by atoms with E-state index in [1.807, 2.05) is 0 Å². The van der Waals surface area contributed by atoms with Crippen molar-refractivity contribution in [1.29, 1.82) is 0 Å². The van der Waals surface area contributed by atoms with Gasteiger partial charge in [0, 0.05) is 17.2 Å². The molecule has 0 heterocycles. The molecular formula is C14H13F3O.